The molecule has 3 amide bonds. The standard InChI is InChI=1S/C22H20N4O3/c1-14-8-10-25-18(11-14)23-16(12-19(25)27)13-26-20(28)22(24-21(26)29)9-4-6-15-5-2-3-7-17(15)22/h2-3,5,7-8,10-12H,4,6,9,13H2,1H3,(H,24,29). The summed E-state index contributed by atoms with van der Waals surface area (Å²) in [7, 11) is 0. The lowest BCUT2D eigenvalue weighted by Crippen LogP contribution is -2.46. The van der Waals surface area contributed by atoms with Crippen molar-refractivity contribution in [3.8, 4) is 0 Å². The van der Waals surface area contributed by atoms with E-state index < -0.39 is 11.6 Å². The summed E-state index contributed by atoms with van der Waals surface area (Å²) in [6, 6.07) is 12.3. The molecule has 0 bridgehead atoms. The summed E-state index contributed by atoms with van der Waals surface area (Å²) < 4.78 is 1.45. The van der Waals surface area contributed by atoms with Gasteiger partial charge in [0.15, 0.2) is 0 Å². The fraction of sp³-hybridized carbons (Fsp3) is 0.273. The maximum absolute atomic E-state index is 13.4. The number of aryl methyl sites for hydroxylation is 2. The number of fused-ring (bicyclic) bond motifs is 3. The van der Waals surface area contributed by atoms with Gasteiger partial charge in [-0.3, -0.25) is 18.9 Å². The first-order chi connectivity index (χ1) is 14.0. The fourth-order valence-electron chi connectivity index (χ4n) is 4.45. The van der Waals surface area contributed by atoms with Crippen LogP contribution in [0.2, 0.25) is 0 Å². The summed E-state index contributed by atoms with van der Waals surface area (Å²) in [5, 5.41) is 2.93. The summed E-state index contributed by atoms with van der Waals surface area (Å²) in [4.78, 5) is 44.3. The van der Waals surface area contributed by atoms with E-state index in [0.717, 1.165) is 29.5 Å². The number of pyridine rings is 1. The minimum Gasteiger partial charge on any atom is -0.319 e. The Morgan fingerprint density at radius 3 is 2.83 bits per heavy atom. The van der Waals surface area contributed by atoms with E-state index in [2.05, 4.69) is 10.3 Å². The first-order valence-electron chi connectivity index (χ1n) is 9.69. The Hall–Kier alpha value is -3.48. The third kappa shape index (κ3) is 2.65. The highest BCUT2D eigenvalue weighted by Crippen LogP contribution is 2.40. The topological polar surface area (TPSA) is 83.8 Å². The number of rotatable bonds is 2. The van der Waals surface area contributed by atoms with Crippen LogP contribution in [0.15, 0.2) is 53.5 Å². The number of hydrogen-bond acceptors (Lipinski definition) is 4. The Bertz CT molecular complexity index is 1230. The van der Waals surface area contributed by atoms with Crippen LogP contribution in [-0.2, 0) is 23.3 Å². The van der Waals surface area contributed by atoms with E-state index in [-0.39, 0.29) is 18.0 Å². The van der Waals surface area contributed by atoms with Gasteiger partial charge in [-0.1, -0.05) is 24.3 Å². The second-order valence-electron chi connectivity index (χ2n) is 7.76. The van der Waals surface area contributed by atoms with Crippen molar-refractivity contribution >= 4 is 17.6 Å². The number of imide groups is 1. The SMILES string of the molecule is Cc1ccn2c(=O)cc(CN3C(=O)NC4(CCCc5ccccc54)C3=O)nc2c1. The number of amides is 3. The number of aromatic nitrogens is 2. The van der Waals surface area contributed by atoms with Crippen molar-refractivity contribution in [3.63, 3.8) is 0 Å². The highest BCUT2D eigenvalue weighted by atomic mass is 16.2. The molecule has 3 aromatic rings. The van der Waals surface area contributed by atoms with Crippen LogP contribution in [-0.4, -0.2) is 26.2 Å². The Balaban J connectivity index is 1.53. The van der Waals surface area contributed by atoms with Gasteiger partial charge in [-0.2, -0.15) is 0 Å². The molecule has 1 atom stereocenters. The predicted octanol–water partition coefficient (Wildman–Crippen LogP) is 2.29. The molecule has 0 radical (unpaired) electrons. The second-order valence-corrected chi connectivity index (χ2v) is 7.76. The van der Waals surface area contributed by atoms with E-state index in [1.54, 1.807) is 12.3 Å². The molecule has 3 heterocycles. The number of carbonyl (C=O) groups excluding carboxylic acids is 2. The summed E-state index contributed by atoms with van der Waals surface area (Å²) in [6.07, 6.45) is 3.96. The van der Waals surface area contributed by atoms with Crippen molar-refractivity contribution in [2.75, 3.05) is 0 Å². The van der Waals surface area contributed by atoms with E-state index >= 15 is 0 Å². The molecule has 1 fully saturated rings. The van der Waals surface area contributed by atoms with Crippen LogP contribution in [0.3, 0.4) is 0 Å². The molecular weight excluding hydrogens is 368 g/mol. The predicted molar refractivity (Wildman–Crippen MR) is 106 cm³/mol. The zero-order valence-corrected chi connectivity index (χ0v) is 16.0. The van der Waals surface area contributed by atoms with Gasteiger partial charge < -0.3 is 5.32 Å². The van der Waals surface area contributed by atoms with Crippen molar-refractivity contribution in [2.45, 2.75) is 38.3 Å². The molecule has 146 valence electrons. The smallest absolute Gasteiger partial charge is 0.319 e. The lowest BCUT2D eigenvalue weighted by Gasteiger charge is -2.33. The molecule has 29 heavy (non-hydrogen) atoms. The second kappa shape index (κ2) is 6.27. The zero-order valence-electron chi connectivity index (χ0n) is 16.0. The number of carbonyl (C=O) groups is 2. The van der Waals surface area contributed by atoms with Crippen LogP contribution in [0, 0.1) is 6.92 Å². The lowest BCUT2D eigenvalue weighted by atomic mass is 9.76. The largest absolute Gasteiger partial charge is 0.325 e. The van der Waals surface area contributed by atoms with Crippen LogP contribution in [0.1, 0.15) is 35.2 Å². The van der Waals surface area contributed by atoms with Gasteiger partial charge in [-0.25, -0.2) is 9.78 Å². The van der Waals surface area contributed by atoms with Crippen molar-refractivity contribution in [2.24, 2.45) is 0 Å². The van der Waals surface area contributed by atoms with Gasteiger partial charge in [0.2, 0.25) is 0 Å². The lowest BCUT2D eigenvalue weighted by molar-refractivity contribution is -0.132. The van der Waals surface area contributed by atoms with E-state index in [1.165, 1.54) is 15.4 Å². The van der Waals surface area contributed by atoms with E-state index in [9.17, 15) is 14.4 Å². The van der Waals surface area contributed by atoms with Crippen molar-refractivity contribution in [1.82, 2.24) is 19.6 Å². The van der Waals surface area contributed by atoms with Crippen LogP contribution < -0.4 is 10.9 Å². The van der Waals surface area contributed by atoms with Crippen LogP contribution >= 0.6 is 0 Å². The minimum absolute atomic E-state index is 0.0335. The van der Waals surface area contributed by atoms with Gasteiger partial charge in [0.05, 0.1) is 12.2 Å². The summed E-state index contributed by atoms with van der Waals surface area (Å²) in [5.74, 6) is -0.277. The normalized spacial score (nSPS) is 20.9. The molecule has 1 saturated heterocycles. The quantitative estimate of drug-likeness (QED) is 0.683. The molecule has 1 unspecified atom stereocenters. The maximum atomic E-state index is 13.4. The van der Waals surface area contributed by atoms with Gasteiger partial charge in [0.25, 0.3) is 11.5 Å². The highest BCUT2D eigenvalue weighted by molar-refractivity contribution is 6.07. The molecule has 1 spiro atoms. The zero-order chi connectivity index (χ0) is 20.2. The van der Waals surface area contributed by atoms with E-state index in [0.29, 0.717) is 17.8 Å². The number of nitrogens with zero attached hydrogens (tertiary/aromatic N) is 3. The molecule has 7 nitrogen and oxygen atoms in total. The molecular formula is C22H20N4O3. The van der Waals surface area contributed by atoms with Crippen LogP contribution in [0.4, 0.5) is 4.79 Å². The number of urea groups is 1. The van der Waals surface area contributed by atoms with Gasteiger partial charge in [0.1, 0.15) is 11.2 Å². The molecule has 2 aliphatic rings. The monoisotopic (exact) mass is 388 g/mol. The summed E-state index contributed by atoms with van der Waals surface area (Å²) >= 11 is 0. The minimum atomic E-state index is -1.02. The fourth-order valence-corrected chi connectivity index (χ4v) is 4.45. The Morgan fingerprint density at radius 2 is 1.97 bits per heavy atom. The van der Waals surface area contributed by atoms with E-state index in [1.807, 2.05) is 37.3 Å². The third-order valence-electron chi connectivity index (χ3n) is 5.85. The maximum Gasteiger partial charge on any atom is 0.325 e. The molecule has 1 N–H and O–H groups in total. The molecule has 0 saturated carbocycles. The Morgan fingerprint density at radius 1 is 1.14 bits per heavy atom. The number of hydrogen-bond donors (Lipinski definition) is 1. The summed E-state index contributed by atoms with van der Waals surface area (Å²) in [6.45, 7) is 1.88. The Kier molecular flexibility index (Phi) is 3.81. The number of nitrogens with one attached hydrogen (secondary N) is 1. The van der Waals surface area contributed by atoms with Crippen molar-refractivity contribution < 1.29 is 9.59 Å². The summed E-state index contributed by atoms with van der Waals surface area (Å²) in [5.41, 5.74) is 2.56. The first kappa shape index (κ1) is 17.6. The Labute approximate surface area is 167 Å². The molecule has 2 aromatic heterocycles. The van der Waals surface area contributed by atoms with E-state index in [4.69, 9.17) is 0 Å². The van der Waals surface area contributed by atoms with Gasteiger partial charge in [-0.15, -0.1) is 0 Å². The van der Waals surface area contributed by atoms with Crippen LogP contribution in [0.25, 0.3) is 5.65 Å². The third-order valence-corrected chi connectivity index (χ3v) is 5.85. The average molecular weight is 388 g/mol. The van der Waals surface area contributed by atoms with Crippen LogP contribution in [0.5, 0.6) is 0 Å². The molecule has 5 rings (SSSR count). The molecule has 1 aromatic carbocycles. The molecule has 1 aliphatic heterocycles. The van der Waals surface area contributed by atoms with Gasteiger partial charge in [0, 0.05) is 12.3 Å². The molecule has 7 heteroatoms. The van der Waals surface area contributed by atoms with Crippen molar-refractivity contribution in [3.05, 3.63) is 81.4 Å². The average Bonchev–Trinajstić information content (AvgIpc) is 2.93. The van der Waals surface area contributed by atoms with Crippen molar-refractivity contribution in [1.29, 1.82) is 0 Å². The van der Waals surface area contributed by atoms with Gasteiger partial charge >= 0.3 is 6.03 Å². The number of benzene rings is 1. The molecule has 1 aliphatic carbocycles. The highest BCUT2D eigenvalue weighted by Gasteiger charge is 2.53. The van der Waals surface area contributed by atoms with Gasteiger partial charge in [-0.05, 0) is 55.0 Å². The first-order valence-corrected chi connectivity index (χ1v) is 9.69.